The maximum Gasteiger partial charge on any atom is 0.271 e. The summed E-state index contributed by atoms with van der Waals surface area (Å²) >= 11 is 0. The van der Waals surface area contributed by atoms with Crippen molar-refractivity contribution in [3.8, 4) is 5.75 Å². The molecule has 0 bridgehead atoms. The lowest BCUT2D eigenvalue weighted by atomic mass is 10.1. The molecule has 0 amide bonds. The molecule has 0 saturated heterocycles. The van der Waals surface area contributed by atoms with Crippen molar-refractivity contribution in [2.75, 3.05) is 13.7 Å². The molecular formula is C22H22N2O5S. The molecule has 0 fully saturated rings. The van der Waals surface area contributed by atoms with Gasteiger partial charge in [0.1, 0.15) is 10.6 Å². The van der Waals surface area contributed by atoms with Crippen LogP contribution in [0.2, 0.25) is 0 Å². The van der Waals surface area contributed by atoms with E-state index in [0.29, 0.717) is 6.42 Å². The Morgan fingerprint density at radius 3 is 2.10 bits per heavy atom. The molecule has 0 aliphatic rings. The average Bonchev–Trinajstić information content (AvgIpc) is 2.77. The predicted octanol–water partition coefficient (Wildman–Crippen LogP) is 4.04. The van der Waals surface area contributed by atoms with Crippen molar-refractivity contribution in [3.05, 3.63) is 100 Å². The Hall–Kier alpha value is -3.23. The van der Waals surface area contributed by atoms with Crippen LogP contribution in [0.15, 0.2) is 83.8 Å². The first-order valence-corrected chi connectivity index (χ1v) is 10.8. The highest BCUT2D eigenvalue weighted by molar-refractivity contribution is 7.89. The van der Waals surface area contributed by atoms with E-state index in [-0.39, 0.29) is 29.4 Å². The number of benzene rings is 3. The minimum Gasteiger partial charge on any atom is -0.495 e. The third-order valence-electron chi connectivity index (χ3n) is 4.67. The van der Waals surface area contributed by atoms with Gasteiger partial charge in [0.2, 0.25) is 10.0 Å². The number of ether oxygens (including phenoxy) is 1. The number of nitro groups is 1. The Labute approximate surface area is 175 Å². The summed E-state index contributed by atoms with van der Waals surface area (Å²) < 4.78 is 33.6. The van der Waals surface area contributed by atoms with Crippen LogP contribution in [0.4, 0.5) is 5.69 Å². The second-order valence-corrected chi connectivity index (χ2v) is 8.56. The van der Waals surface area contributed by atoms with E-state index in [4.69, 9.17) is 4.74 Å². The second-order valence-electron chi connectivity index (χ2n) is 6.65. The first-order valence-electron chi connectivity index (χ1n) is 9.32. The molecule has 30 heavy (non-hydrogen) atoms. The SMILES string of the molecule is COc1ccc([N+](=O)[O-])cc1S(=O)(=O)N(CCc1ccccc1)Cc1ccccc1. The maximum absolute atomic E-state index is 13.5. The van der Waals surface area contributed by atoms with Crippen LogP contribution >= 0.6 is 0 Å². The quantitative estimate of drug-likeness (QED) is 0.381. The van der Waals surface area contributed by atoms with E-state index in [2.05, 4.69) is 0 Å². The Morgan fingerprint density at radius 2 is 1.53 bits per heavy atom. The molecule has 8 heteroatoms. The summed E-state index contributed by atoms with van der Waals surface area (Å²) in [6.07, 6.45) is 0.504. The largest absolute Gasteiger partial charge is 0.495 e. The van der Waals surface area contributed by atoms with Crippen molar-refractivity contribution in [3.63, 3.8) is 0 Å². The summed E-state index contributed by atoms with van der Waals surface area (Å²) in [5.74, 6) is 0.0679. The van der Waals surface area contributed by atoms with Crippen molar-refractivity contribution in [1.82, 2.24) is 4.31 Å². The molecule has 156 valence electrons. The fourth-order valence-corrected chi connectivity index (χ4v) is 4.69. The highest BCUT2D eigenvalue weighted by Gasteiger charge is 2.29. The van der Waals surface area contributed by atoms with Gasteiger partial charge in [-0.1, -0.05) is 60.7 Å². The number of non-ortho nitro benzene ring substituents is 1. The number of methoxy groups -OCH3 is 1. The molecular weight excluding hydrogens is 404 g/mol. The smallest absolute Gasteiger partial charge is 0.271 e. The van der Waals surface area contributed by atoms with Crippen molar-refractivity contribution >= 4 is 15.7 Å². The van der Waals surface area contributed by atoms with Crippen LogP contribution in [0.3, 0.4) is 0 Å². The van der Waals surface area contributed by atoms with Crippen LogP contribution in [0, 0.1) is 10.1 Å². The van der Waals surface area contributed by atoms with Gasteiger partial charge >= 0.3 is 0 Å². The van der Waals surface area contributed by atoms with Crippen LogP contribution < -0.4 is 4.74 Å². The molecule has 3 aromatic rings. The lowest BCUT2D eigenvalue weighted by Gasteiger charge is -2.23. The van der Waals surface area contributed by atoms with E-state index < -0.39 is 14.9 Å². The highest BCUT2D eigenvalue weighted by atomic mass is 32.2. The third kappa shape index (κ3) is 5.03. The fraction of sp³-hybridized carbons (Fsp3) is 0.182. The number of nitro benzene ring substituents is 1. The van der Waals surface area contributed by atoms with E-state index in [1.165, 1.54) is 23.5 Å². The fourth-order valence-electron chi connectivity index (χ4n) is 3.09. The number of sulfonamides is 1. The second kappa shape index (κ2) is 9.51. The number of rotatable bonds is 9. The van der Waals surface area contributed by atoms with Crippen LogP contribution in [-0.4, -0.2) is 31.3 Å². The zero-order chi connectivity index (χ0) is 21.6. The van der Waals surface area contributed by atoms with Gasteiger partial charge in [-0.15, -0.1) is 0 Å². The number of nitrogens with zero attached hydrogens (tertiary/aromatic N) is 2. The maximum atomic E-state index is 13.5. The summed E-state index contributed by atoms with van der Waals surface area (Å²) in [6.45, 7) is 0.356. The van der Waals surface area contributed by atoms with Gasteiger partial charge in [-0.2, -0.15) is 4.31 Å². The van der Waals surface area contributed by atoms with E-state index in [1.54, 1.807) is 0 Å². The topological polar surface area (TPSA) is 89.7 Å². The molecule has 0 spiro atoms. The Morgan fingerprint density at radius 1 is 0.933 bits per heavy atom. The predicted molar refractivity (Wildman–Crippen MR) is 114 cm³/mol. The van der Waals surface area contributed by atoms with Gasteiger partial charge in [0.05, 0.1) is 12.0 Å². The standard InChI is InChI=1S/C22H22N2O5S/c1-29-21-13-12-20(24(25)26)16-22(21)30(27,28)23(17-19-10-6-3-7-11-19)15-14-18-8-4-2-5-9-18/h2-13,16H,14-15,17H2,1H3. The van der Waals surface area contributed by atoms with Crippen LogP contribution in [0.5, 0.6) is 5.75 Å². The summed E-state index contributed by atoms with van der Waals surface area (Å²) in [7, 11) is -2.73. The highest BCUT2D eigenvalue weighted by Crippen LogP contribution is 2.31. The number of hydrogen-bond acceptors (Lipinski definition) is 5. The zero-order valence-electron chi connectivity index (χ0n) is 16.5. The molecule has 0 radical (unpaired) electrons. The van der Waals surface area contributed by atoms with Gasteiger partial charge < -0.3 is 4.74 Å². The zero-order valence-corrected chi connectivity index (χ0v) is 17.3. The van der Waals surface area contributed by atoms with E-state index in [0.717, 1.165) is 17.2 Å². The molecule has 0 aliphatic carbocycles. The average molecular weight is 426 g/mol. The summed E-state index contributed by atoms with van der Waals surface area (Å²) in [5, 5.41) is 11.2. The minimum absolute atomic E-state index is 0.0679. The van der Waals surface area contributed by atoms with Crippen molar-refractivity contribution in [1.29, 1.82) is 0 Å². The number of hydrogen-bond donors (Lipinski definition) is 0. The molecule has 3 rings (SSSR count). The minimum atomic E-state index is -4.06. The van der Waals surface area contributed by atoms with Gasteiger partial charge in [-0.25, -0.2) is 8.42 Å². The van der Waals surface area contributed by atoms with Crippen molar-refractivity contribution < 1.29 is 18.1 Å². The van der Waals surface area contributed by atoms with Gasteiger partial charge in [-0.05, 0) is 23.6 Å². The molecule has 7 nitrogen and oxygen atoms in total. The Bertz CT molecular complexity index is 1100. The first kappa shape index (κ1) is 21.5. The van der Waals surface area contributed by atoms with E-state index in [1.807, 2.05) is 60.7 Å². The molecule has 3 aromatic carbocycles. The summed E-state index contributed by atoms with van der Waals surface area (Å²) in [6, 6.07) is 22.4. The molecule has 0 saturated carbocycles. The monoisotopic (exact) mass is 426 g/mol. The molecule has 0 N–H and O–H groups in total. The van der Waals surface area contributed by atoms with Crippen molar-refractivity contribution in [2.24, 2.45) is 0 Å². The van der Waals surface area contributed by atoms with Gasteiger partial charge in [0, 0.05) is 25.2 Å². The van der Waals surface area contributed by atoms with Crippen molar-refractivity contribution in [2.45, 2.75) is 17.9 Å². The van der Waals surface area contributed by atoms with E-state index in [9.17, 15) is 18.5 Å². The molecule has 0 heterocycles. The normalized spacial score (nSPS) is 11.4. The van der Waals surface area contributed by atoms with Gasteiger partial charge in [0.15, 0.2) is 0 Å². The Balaban J connectivity index is 2.00. The van der Waals surface area contributed by atoms with Gasteiger partial charge in [-0.3, -0.25) is 10.1 Å². The van der Waals surface area contributed by atoms with Crippen LogP contribution in [0.1, 0.15) is 11.1 Å². The molecule has 0 unspecified atom stereocenters. The summed E-state index contributed by atoms with van der Waals surface area (Å²) in [5.41, 5.74) is 1.51. The third-order valence-corrected chi connectivity index (χ3v) is 6.54. The summed E-state index contributed by atoms with van der Waals surface area (Å²) in [4.78, 5) is 10.4. The van der Waals surface area contributed by atoms with Crippen LogP contribution in [-0.2, 0) is 23.0 Å². The Kier molecular flexibility index (Phi) is 6.81. The van der Waals surface area contributed by atoms with Gasteiger partial charge in [0.25, 0.3) is 5.69 Å². The first-order chi connectivity index (χ1) is 14.4. The van der Waals surface area contributed by atoms with E-state index >= 15 is 0 Å². The van der Waals surface area contributed by atoms with Crippen LogP contribution in [0.25, 0.3) is 0 Å². The lowest BCUT2D eigenvalue weighted by molar-refractivity contribution is -0.385. The molecule has 0 aliphatic heterocycles. The molecule has 0 atom stereocenters. The lowest BCUT2D eigenvalue weighted by Crippen LogP contribution is -2.33. The molecule has 0 aromatic heterocycles.